The highest BCUT2D eigenvalue weighted by molar-refractivity contribution is 6.04. The summed E-state index contributed by atoms with van der Waals surface area (Å²) >= 11 is 0. The second kappa shape index (κ2) is 13.0. The molecule has 0 unspecified atom stereocenters. The van der Waals surface area contributed by atoms with Crippen molar-refractivity contribution in [3.63, 3.8) is 0 Å². The van der Waals surface area contributed by atoms with Crippen LogP contribution in [0.2, 0.25) is 0 Å². The summed E-state index contributed by atoms with van der Waals surface area (Å²) in [5.74, 6) is -2.95. The molecule has 0 saturated heterocycles. The van der Waals surface area contributed by atoms with E-state index in [1.807, 2.05) is 0 Å². The van der Waals surface area contributed by atoms with Gasteiger partial charge in [-0.05, 0) is 13.8 Å². The second-order valence-electron chi connectivity index (χ2n) is 2.81. The van der Waals surface area contributed by atoms with E-state index in [-0.39, 0.29) is 13.2 Å². The number of rotatable bonds is 3. The van der Waals surface area contributed by atoms with Crippen molar-refractivity contribution in [2.75, 3.05) is 13.2 Å². The van der Waals surface area contributed by atoms with E-state index in [9.17, 15) is 19.2 Å². The maximum absolute atomic E-state index is 10.4. The smallest absolute Gasteiger partial charge is 0.338 e. The molecule has 0 aliphatic carbocycles. The summed E-state index contributed by atoms with van der Waals surface area (Å²) in [6.45, 7) is 3.83. The zero-order chi connectivity index (χ0) is 16.0. The summed E-state index contributed by atoms with van der Waals surface area (Å²) in [5.41, 5.74) is 0. The number of carboxylic acids is 1. The lowest BCUT2D eigenvalue weighted by Crippen LogP contribution is -2.00. The fraction of sp³-hybridized carbons (Fsp3) is 0.333. The number of esters is 3. The molecule has 1 aliphatic heterocycles. The molecule has 0 saturated carbocycles. The molecule has 0 fully saturated rings. The van der Waals surface area contributed by atoms with Gasteiger partial charge in [-0.2, -0.15) is 0 Å². The van der Waals surface area contributed by atoms with Crippen molar-refractivity contribution < 1.29 is 38.9 Å². The molecule has 0 spiro atoms. The first-order valence-corrected chi connectivity index (χ1v) is 5.49. The van der Waals surface area contributed by atoms with E-state index in [1.54, 1.807) is 13.8 Å². The Labute approximate surface area is 115 Å². The zero-order valence-electron chi connectivity index (χ0n) is 11.1. The highest BCUT2D eigenvalue weighted by Crippen LogP contribution is 1.92. The van der Waals surface area contributed by atoms with Gasteiger partial charge in [-0.25, -0.2) is 19.2 Å². The largest absolute Gasteiger partial charge is 0.478 e. The van der Waals surface area contributed by atoms with Gasteiger partial charge in [-0.3, -0.25) is 0 Å². The van der Waals surface area contributed by atoms with Gasteiger partial charge < -0.3 is 19.7 Å². The number of carbonyl (C=O) groups is 4. The van der Waals surface area contributed by atoms with Gasteiger partial charge in [0, 0.05) is 30.9 Å². The maximum atomic E-state index is 10.4. The van der Waals surface area contributed by atoms with Gasteiger partial charge in [0.2, 0.25) is 0 Å². The first-order chi connectivity index (χ1) is 9.37. The van der Waals surface area contributed by atoms with Crippen LogP contribution in [-0.2, 0) is 28.7 Å². The minimum Gasteiger partial charge on any atom is -0.478 e. The van der Waals surface area contributed by atoms with Crippen molar-refractivity contribution in [3.8, 4) is 0 Å². The average Bonchev–Trinajstić information content (AvgIpc) is 2.73. The van der Waals surface area contributed by atoms with Gasteiger partial charge in [-0.1, -0.05) is 0 Å². The monoisotopic (exact) mass is 288 g/mol. The molecule has 2 N–H and O–H groups in total. The molecule has 1 aliphatic rings. The number of carbonyl (C=O) groups excluding carboxylic acids is 3. The summed E-state index contributed by atoms with van der Waals surface area (Å²) in [4.78, 5) is 40.0. The Bertz CT molecular complexity index is 378. The Morgan fingerprint density at radius 2 is 1.65 bits per heavy atom. The summed E-state index contributed by atoms with van der Waals surface area (Å²) < 4.78 is 8.38. The third-order valence-electron chi connectivity index (χ3n) is 1.21. The average molecular weight is 288 g/mol. The first kappa shape index (κ1) is 19.9. The van der Waals surface area contributed by atoms with Crippen LogP contribution in [0.15, 0.2) is 24.3 Å². The maximum Gasteiger partial charge on any atom is 0.338 e. The normalized spacial score (nSPS) is 11.9. The Morgan fingerprint density at radius 1 is 1.20 bits per heavy atom. The predicted octanol–water partition coefficient (Wildman–Crippen LogP) is -0.185. The van der Waals surface area contributed by atoms with Gasteiger partial charge >= 0.3 is 23.9 Å². The van der Waals surface area contributed by atoms with Gasteiger partial charge in [0.05, 0.1) is 6.61 Å². The number of aliphatic hydroxyl groups excluding tert-OH is 1. The highest BCUT2D eigenvalue weighted by atomic mass is 16.6. The van der Waals surface area contributed by atoms with Crippen LogP contribution in [0.25, 0.3) is 0 Å². The Balaban J connectivity index is 0. The molecular weight excluding hydrogens is 272 g/mol. The van der Waals surface area contributed by atoms with Crippen molar-refractivity contribution in [1.29, 1.82) is 0 Å². The molecule has 0 atom stereocenters. The Kier molecular flexibility index (Phi) is 12.9. The first-order valence-electron chi connectivity index (χ1n) is 5.49. The number of cyclic esters (lactones) is 2. The number of aliphatic hydroxyl groups is 1. The van der Waals surface area contributed by atoms with Crippen molar-refractivity contribution in [2.45, 2.75) is 13.8 Å². The Morgan fingerprint density at radius 3 is 1.90 bits per heavy atom. The third kappa shape index (κ3) is 15.5. The molecule has 8 nitrogen and oxygen atoms in total. The van der Waals surface area contributed by atoms with Crippen LogP contribution in [-0.4, -0.2) is 47.3 Å². The number of aliphatic carboxylic acids is 1. The fourth-order valence-electron chi connectivity index (χ4n) is 0.633. The molecule has 8 heteroatoms. The van der Waals surface area contributed by atoms with E-state index in [2.05, 4.69) is 9.47 Å². The van der Waals surface area contributed by atoms with Crippen LogP contribution in [0.4, 0.5) is 0 Å². The number of hydrogen-bond acceptors (Lipinski definition) is 7. The lowest BCUT2D eigenvalue weighted by Gasteiger charge is -1.92. The molecule has 20 heavy (non-hydrogen) atoms. The van der Waals surface area contributed by atoms with Crippen LogP contribution in [0.3, 0.4) is 0 Å². The molecule has 0 aromatic carbocycles. The minimum absolute atomic E-state index is 0.250. The van der Waals surface area contributed by atoms with Crippen molar-refractivity contribution in [1.82, 2.24) is 0 Å². The standard InChI is InChI=1S/C6H8O4.C4H2O3.C2H6O/c1-2-10-6(9)4-3-5(7)8;5-3-1-2-4(6)7-3;1-2-3/h3-4H,2H2,1H3,(H,7,8);1-2H;3H,2H2,1H3/b4-3-;;. The molecule has 0 aromatic rings. The van der Waals surface area contributed by atoms with Crippen LogP contribution >= 0.6 is 0 Å². The topological polar surface area (TPSA) is 127 Å². The molecule has 0 aromatic heterocycles. The molecule has 0 radical (unpaired) electrons. The van der Waals surface area contributed by atoms with Gasteiger partial charge in [0.15, 0.2) is 0 Å². The summed E-state index contributed by atoms with van der Waals surface area (Å²) in [5, 5.41) is 15.6. The molecule has 0 bridgehead atoms. The quantitative estimate of drug-likeness (QED) is 0.415. The van der Waals surface area contributed by atoms with Crippen molar-refractivity contribution in [2.24, 2.45) is 0 Å². The van der Waals surface area contributed by atoms with E-state index in [0.29, 0.717) is 0 Å². The van der Waals surface area contributed by atoms with Gasteiger partial charge in [-0.15, -0.1) is 0 Å². The predicted molar refractivity (Wildman–Crippen MR) is 66.4 cm³/mol. The van der Waals surface area contributed by atoms with Crippen LogP contribution in [0.5, 0.6) is 0 Å². The number of carboxylic acid groups (broad SMARTS) is 1. The summed E-state index contributed by atoms with van der Waals surface area (Å²) in [6.07, 6.45) is 3.77. The SMILES string of the molecule is CCO.CCOC(=O)/C=C\C(=O)O.O=C1C=CC(=O)O1. The molecule has 1 rings (SSSR count). The van der Waals surface area contributed by atoms with Crippen LogP contribution in [0.1, 0.15) is 13.8 Å². The number of ether oxygens (including phenoxy) is 2. The molecule has 0 amide bonds. The van der Waals surface area contributed by atoms with E-state index in [1.165, 1.54) is 0 Å². The molecule has 112 valence electrons. The highest BCUT2D eigenvalue weighted by Gasteiger charge is 2.10. The van der Waals surface area contributed by atoms with E-state index in [4.69, 9.17) is 10.2 Å². The van der Waals surface area contributed by atoms with E-state index in [0.717, 1.165) is 24.3 Å². The van der Waals surface area contributed by atoms with Crippen LogP contribution in [0, 0.1) is 0 Å². The molecule has 1 heterocycles. The summed E-state index contributed by atoms with van der Waals surface area (Å²) in [6, 6.07) is 0. The summed E-state index contributed by atoms with van der Waals surface area (Å²) in [7, 11) is 0. The minimum atomic E-state index is -1.16. The van der Waals surface area contributed by atoms with E-state index >= 15 is 0 Å². The van der Waals surface area contributed by atoms with Gasteiger partial charge in [0.1, 0.15) is 0 Å². The lowest BCUT2D eigenvalue weighted by atomic mass is 10.5. The van der Waals surface area contributed by atoms with Crippen molar-refractivity contribution >= 4 is 23.9 Å². The second-order valence-corrected chi connectivity index (χ2v) is 2.81. The Hall–Kier alpha value is -2.48. The fourth-order valence-corrected chi connectivity index (χ4v) is 0.633. The molecular formula is C12H16O8. The van der Waals surface area contributed by atoms with Crippen LogP contribution < -0.4 is 0 Å². The number of hydrogen-bond donors (Lipinski definition) is 2. The third-order valence-corrected chi connectivity index (χ3v) is 1.21. The lowest BCUT2D eigenvalue weighted by molar-refractivity contribution is -0.150. The van der Waals surface area contributed by atoms with Gasteiger partial charge in [0.25, 0.3) is 0 Å². The van der Waals surface area contributed by atoms with Crippen molar-refractivity contribution in [3.05, 3.63) is 24.3 Å². The van der Waals surface area contributed by atoms with E-state index < -0.39 is 23.9 Å². The zero-order valence-corrected chi connectivity index (χ0v) is 11.1.